The van der Waals surface area contributed by atoms with Gasteiger partial charge in [-0.2, -0.15) is 10.2 Å². The van der Waals surface area contributed by atoms with Crippen LogP contribution in [-0.2, 0) is 9.59 Å². The summed E-state index contributed by atoms with van der Waals surface area (Å²) in [5, 5.41) is 9.68. The molecular formula is C14H12N4O2S. The quantitative estimate of drug-likeness (QED) is 0.646. The Labute approximate surface area is 124 Å². The van der Waals surface area contributed by atoms with Gasteiger partial charge in [-0.05, 0) is 11.4 Å². The molecule has 0 saturated heterocycles. The summed E-state index contributed by atoms with van der Waals surface area (Å²) in [7, 11) is 0. The fourth-order valence-corrected chi connectivity index (χ4v) is 2.75. The van der Waals surface area contributed by atoms with Gasteiger partial charge in [0.15, 0.2) is 0 Å². The molecule has 2 aliphatic rings. The Morgan fingerprint density at radius 3 is 2.95 bits per heavy atom. The highest BCUT2D eigenvalue weighted by Crippen LogP contribution is 2.24. The molecule has 1 aliphatic heterocycles. The molecule has 0 spiro atoms. The molecule has 7 heteroatoms. The summed E-state index contributed by atoms with van der Waals surface area (Å²) in [5.41, 5.74) is 5.06. The van der Waals surface area contributed by atoms with Crippen molar-refractivity contribution in [2.24, 2.45) is 22.0 Å². The van der Waals surface area contributed by atoms with E-state index in [0.29, 0.717) is 0 Å². The van der Waals surface area contributed by atoms with E-state index in [1.165, 1.54) is 11.3 Å². The molecule has 2 N–H and O–H groups in total. The molecular weight excluding hydrogens is 288 g/mol. The summed E-state index contributed by atoms with van der Waals surface area (Å²) in [6.07, 6.45) is 8.72. The lowest BCUT2D eigenvalue weighted by Gasteiger charge is -2.26. The Morgan fingerprint density at radius 2 is 2.19 bits per heavy atom. The molecule has 6 nitrogen and oxygen atoms in total. The molecule has 0 bridgehead atoms. The Kier molecular flexibility index (Phi) is 3.74. The summed E-state index contributed by atoms with van der Waals surface area (Å²) in [6.45, 7) is 0. The van der Waals surface area contributed by atoms with Crippen molar-refractivity contribution in [2.75, 3.05) is 0 Å². The van der Waals surface area contributed by atoms with E-state index in [4.69, 9.17) is 0 Å². The third-order valence-electron chi connectivity index (χ3n) is 3.17. The van der Waals surface area contributed by atoms with Crippen molar-refractivity contribution in [3.05, 3.63) is 46.7 Å². The van der Waals surface area contributed by atoms with E-state index < -0.39 is 11.8 Å². The smallest absolute Gasteiger partial charge is 0.272 e. The zero-order chi connectivity index (χ0) is 14.7. The number of carbonyl (C=O) groups is 2. The average Bonchev–Trinajstić information content (AvgIpc) is 3.01. The fraction of sp³-hybridized carbons (Fsp3) is 0.143. The molecule has 2 heterocycles. The SMILES string of the molecule is O=C(N/N=C/c1cccs1)C1=NNC(=O)[C@@H]2C=CC=C[C@H]12. The van der Waals surface area contributed by atoms with Crippen LogP contribution >= 0.6 is 11.3 Å². The van der Waals surface area contributed by atoms with E-state index in [2.05, 4.69) is 21.1 Å². The third-order valence-corrected chi connectivity index (χ3v) is 3.98. The number of hydrogen-bond donors (Lipinski definition) is 2. The summed E-state index contributed by atoms with van der Waals surface area (Å²) < 4.78 is 0. The first-order valence-electron chi connectivity index (χ1n) is 6.35. The molecule has 0 unspecified atom stereocenters. The van der Waals surface area contributed by atoms with Crippen LogP contribution in [0.1, 0.15) is 4.88 Å². The number of nitrogens with one attached hydrogen (secondary N) is 2. The number of carbonyl (C=O) groups excluding carboxylic acids is 2. The normalized spacial score (nSPS) is 23.6. The molecule has 1 aromatic rings. The Hall–Kier alpha value is -2.54. The summed E-state index contributed by atoms with van der Waals surface area (Å²) in [4.78, 5) is 24.8. The van der Waals surface area contributed by atoms with E-state index in [0.717, 1.165) is 4.88 Å². The largest absolute Gasteiger partial charge is 0.288 e. The number of hydrogen-bond acceptors (Lipinski definition) is 5. The highest BCUT2D eigenvalue weighted by molar-refractivity contribution is 7.11. The fourth-order valence-electron chi connectivity index (χ4n) is 2.16. The van der Waals surface area contributed by atoms with Crippen LogP contribution < -0.4 is 10.9 Å². The van der Waals surface area contributed by atoms with Crippen LogP contribution in [-0.4, -0.2) is 23.7 Å². The van der Waals surface area contributed by atoms with Crippen LogP contribution in [0.4, 0.5) is 0 Å². The zero-order valence-corrected chi connectivity index (χ0v) is 11.7. The van der Waals surface area contributed by atoms with Gasteiger partial charge in [0, 0.05) is 10.8 Å². The van der Waals surface area contributed by atoms with Gasteiger partial charge in [-0.15, -0.1) is 11.3 Å². The lowest BCUT2D eigenvalue weighted by Crippen LogP contribution is -2.46. The number of fused-ring (bicyclic) bond motifs is 1. The topological polar surface area (TPSA) is 82.9 Å². The van der Waals surface area contributed by atoms with Crippen LogP contribution in [0.5, 0.6) is 0 Å². The van der Waals surface area contributed by atoms with E-state index >= 15 is 0 Å². The summed E-state index contributed by atoms with van der Waals surface area (Å²) in [6, 6.07) is 3.79. The molecule has 3 rings (SSSR count). The third kappa shape index (κ3) is 2.82. The van der Waals surface area contributed by atoms with Crippen LogP contribution in [0.2, 0.25) is 0 Å². The Bertz CT molecular complexity index is 673. The van der Waals surface area contributed by atoms with Crippen molar-refractivity contribution in [1.82, 2.24) is 10.9 Å². The van der Waals surface area contributed by atoms with Gasteiger partial charge in [0.2, 0.25) is 5.91 Å². The minimum Gasteiger partial charge on any atom is -0.272 e. The van der Waals surface area contributed by atoms with Gasteiger partial charge >= 0.3 is 0 Å². The van der Waals surface area contributed by atoms with Gasteiger partial charge in [0.25, 0.3) is 5.91 Å². The second-order valence-electron chi connectivity index (χ2n) is 4.51. The molecule has 2 amide bonds. The molecule has 1 aliphatic carbocycles. The number of hydrazone groups is 2. The van der Waals surface area contributed by atoms with Crippen LogP contribution in [0, 0.1) is 11.8 Å². The predicted octanol–water partition coefficient (Wildman–Crippen LogP) is 1.04. The van der Waals surface area contributed by atoms with E-state index in [-0.39, 0.29) is 17.5 Å². The second-order valence-corrected chi connectivity index (χ2v) is 5.49. The molecule has 0 saturated carbocycles. The first-order valence-corrected chi connectivity index (χ1v) is 7.23. The first-order chi connectivity index (χ1) is 10.3. The molecule has 21 heavy (non-hydrogen) atoms. The van der Waals surface area contributed by atoms with Gasteiger partial charge in [-0.3, -0.25) is 9.59 Å². The minimum absolute atomic E-state index is 0.209. The van der Waals surface area contributed by atoms with E-state index in [9.17, 15) is 9.59 Å². The number of thiophene rings is 1. The maximum Gasteiger partial charge on any atom is 0.288 e. The van der Waals surface area contributed by atoms with Crippen LogP contribution in [0.3, 0.4) is 0 Å². The number of nitrogens with zero attached hydrogens (tertiary/aromatic N) is 2. The van der Waals surface area contributed by atoms with E-state index in [1.807, 2.05) is 17.5 Å². The molecule has 0 aromatic carbocycles. The molecule has 106 valence electrons. The van der Waals surface area contributed by atoms with Crippen molar-refractivity contribution in [3.8, 4) is 0 Å². The maximum absolute atomic E-state index is 12.1. The summed E-state index contributed by atoms with van der Waals surface area (Å²) in [5.74, 6) is -1.37. The zero-order valence-electron chi connectivity index (χ0n) is 10.9. The predicted molar refractivity (Wildman–Crippen MR) is 80.9 cm³/mol. The van der Waals surface area contributed by atoms with Crippen LogP contribution in [0.15, 0.2) is 52.0 Å². The monoisotopic (exact) mass is 300 g/mol. The lowest BCUT2D eigenvalue weighted by molar-refractivity contribution is -0.124. The number of rotatable bonds is 3. The molecule has 1 aromatic heterocycles. The van der Waals surface area contributed by atoms with Gasteiger partial charge in [0.1, 0.15) is 5.71 Å². The van der Waals surface area contributed by atoms with Gasteiger partial charge in [-0.25, -0.2) is 10.9 Å². The standard InChI is InChI=1S/C14H12N4O2S/c19-13-11-6-2-1-5-10(11)12(16-18-13)14(20)17-15-8-9-4-3-7-21-9/h1-8,10-11H,(H,17,20)(H,18,19)/b15-8+/t10-,11+/m0/s1. The lowest BCUT2D eigenvalue weighted by atomic mass is 9.83. The second kappa shape index (κ2) is 5.84. The molecule has 2 atom stereocenters. The maximum atomic E-state index is 12.1. The highest BCUT2D eigenvalue weighted by Gasteiger charge is 2.36. The Balaban J connectivity index is 1.71. The van der Waals surface area contributed by atoms with Crippen molar-refractivity contribution in [3.63, 3.8) is 0 Å². The number of allylic oxidation sites excluding steroid dienone is 3. The Morgan fingerprint density at radius 1 is 1.38 bits per heavy atom. The average molecular weight is 300 g/mol. The first kappa shape index (κ1) is 13.4. The van der Waals surface area contributed by atoms with Gasteiger partial charge in [0.05, 0.1) is 12.1 Å². The van der Waals surface area contributed by atoms with Gasteiger partial charge in [-0.1, -0.05) is 30.4 Å². The summed E-state index contributed by atoms with van der Waals surface area (Å²) >= 11 is 1.52. The molecule has 0 fully saturated rings. The van der Waals surface area contributed by atoms with Crippen molar-refractivity contribution in [2.45, 2.75) is 0 Å². The van der Waals surface area contributed by atoms with Crippen molar-refractivity contribution in [1.29, 1.82) is 0 Å². The highest BCUT2D eigenvalue weighted by atomic mass is 32.1. The van der Waals surface area contributed by atoms with Crippen LogP contribution in [0.25, 0.3) is 0 Å². The molecule has 0 radical (unpaired) electrons. The number of amides is 2. The van der Waals surface area contributed by atoms with Crippen molar-refractivity contribution < 1.29 is 9.59 Å². The van der Waals surface area contributed by atoms with E-state index in [1.54, 1.807) is 30.5 Å². The minimum atomic E-state index is -0.419. The van der Waals surface area contributed by atoms with Crippen molar-refractivity contribution >= 4 is 35.1 Å². The van der Waals surface area contributed by atoms with Gasteiger partial charge < -0.3 is 0 Å².